The first kappa shape index (κ1) is 9.28. The maximum Gasteiger partial charge on any atom is 0 e. The van der Waals surface area contributed by atoms with Crippen LogP contribution in [0.15, 0.2) is 0 Å². The zero-order valence-electron chi connectivity index (χ0n) is 3.65. The van der Waals surface area contributed by atoms with E-state index in [-0.39, 0.29) is 26.2 Å². The number of rotatable bonds is 1. The molecule has 0 saturated heterocycles. The Kier molecular flexibility index (Phi) is 16.4. The second-order valence-electron chi connectivity index (χ2n) is 0.632. The Morgan fingerprint density at radius 3 is 1.80 bits per heavy atom. The third kappa shape index (κ3) is 11.5. The van der Waals surface area contributed by atoms with Crippen LogP contribution in [0.5, 0.6) is 0 Å². The van der Waals surface area contributed by atoms with E-state index in [1.807, 2.05) is 6.92 Å². The first-order valence-corrected chi connectivity index (χ1v) is 1.47. The van der Waals surface area contributed by atoms with Crippen LogP contribution >= 0.6 is 0 Å². The molecule has 0 unspecified atom stereocenters. The molecule has 30 valence electrons. The van der Waals surface area contributed by atoms with Crippen LogP contribution in [-0.4, -0.2) is 13.6 Å². The first-order chi connectivity index (χ1) is 1.91. The van der Waals surface area contributed by atoms with E-state index >= 15 is 0 Å². The molecule has 2 heteroatoms. The monoisotopic (exact) mass is 148 g/mol. The summed E-state index contributed by atoms with van der Waals surface area (Å²) in [4.78, 5) is 0. The molecule has 0 spiro atoms. The van der Waals surface area contributed by atoms with Gasteiger partial charge in [0, 0.05) is 26.2 Å². The van der Waals surface area contributed by atoms with Crippen molar-refractivity contribution in [1.82, 2.24) is 0 Å². The van der Waals surface area contributed by atoms with Gasteiger partial charge in [-0.3, -0.25) is 0 Å². The van der Waals surface area contributed by atoms with Crippen LogP contribution in [0.4, 0.5) is 0 Å². The van der Waals surface area contributed by atoms with E-state index in [0.29, 0.717) is 0 Å². The normalized spacial score (nSPS) is 6.00. The molecule has 0 bridgehead atoms. The molecule has 0 aliphatic carbocycles. The van der Waals surface area contributed by atoms with E-state index in [2.05, 4.69) is 5.32 Å². The molecule has 0 aromatic heterocycles. The van der Waals surface area contributed by atoms with Crippen LogP contribution in [0.25, 0.3) is 5.32 Å². The summed E-state index contributed by atoms with van der Waals surface area (Å²) in [6, 6.07) is 0. The molecular weight excluding hydrogens is 141 g/mol. The van der Waals surface area contributed by atoms with E-state index in [4.69, 9.17) is 0 Å². The van der Waals surface area contributed by atoms with E-state index in [0.717, 1.165) is 6.54 Å². The van der Waals surface area contributed by atoms with Gasteiger partial charge in [-0.2, -0.15) is 13.6 Å². The van der Waals surface area contributed by atoms with E-state index < -0.39 is 0 Å². The molecule has 0 saturated carbocycles. The van der Waals surface area contributed by atoms with Gasteiger partial charge in [-0.15, -0.1) is 0 Å². The van der Waals surface area contributed by atoms with E-state index in [1.54, 1.807) is 7.05 Å². The van der Waals surface area contributed by atoms with E-state index in [1.165, 1.54) is 0 Å². The third-order valence-electron chi connectivity index (χ3n) is 0.316. The summed E-state index contributed by atoms with van der Waals surface area (Å²) in [6.45, 7) is 2.96. The summed E-state index contributed by atoms with van der Waals surface area (Å²) in [5.41, 5.74) is 0. The van der Waals surface area contributed by atoms with Crippen molar-refractivity contribution in [2.45, 2.75) is 6.92 Å². The van der Waals surface area contributed by atoms with Crippen LogP contribution in [0, 0.1) is 0 Å². The maximum absolute atomic E-state index is 3.74. The minimum Gasteiger partial charge on any atom is -0.665 e. The van der Waals surface area contributed by atoms with Gasteiger partial charge in [0.25, 0.3) is 0 Å². The Morgan fingerprint density at radius 2 is 1.80 bits per heavy atom. The fourth-order valence-corrected chi connectivity index (χ4v) is 0. The molecule has 5 heavy (non-hydrogen) atoms. The maximum atomic E-state index is 3.74. The summed E-state index contributed by atoms with van der Waals surface area (Å²) < 4.78 is 0. The second-order valence-corrected chi connectivity index (χ2v) is 0.632. The topological polar surface area (TPSA) is 14.1 Å². The molecule has 0 heterocycles. The summed E-state index contributed by atoms with van der Waals surface area (Å²) in [5, 5.41) is 3.74. The summed E-state index contributed by atoms with van der Waals surface area (Å²) in [7, 11) is 1.81. The molecule has 1 nitrogen and oxygen atoms in total. The molecule has 0 radical (unpaired) electrons. The number of nitrogens with zero attached hydrogens (tertiary/aromatic N) is 1. The molecule has 0 aromatic rings. The van der Waals surface area contributed by atoms with Crippen molar-refractivity contribution in [3.05, 3.63) is 5.32 Å². The van der Waals surface area contributed by atoms with Crippen molar-refractivity contribution in [3.8, 4) is 0 Å². The van der Waals surface area contributed by atoms with Crippen LogP contribution in [0.3, 0.4) is 0 Å². The fraction of sp³-hybridized carbons (Fsp3) is 1.00. The Labute approximate surface area is 52.3 Å². The zero-order chi connectivity index (χ0) is 3.41. The molecular formula is C3H8NZr-. The summed E-state index contributed by atoms with van der Waals surface area (Å²) >= 11 is 0. The van der Waals surface area contributed by atoms with Crippen molar-refractivity contribution >= 4 is 0 Å². The summed E-state index contributed by atoms with van der Waals surface area (Å²) in [5.74, 6) is 0. The predicted octanol–water partition coefficient (Wildman–Crippen LogP) is 1.01. The van der Waals surface area contributed by atoms with Crippen molar-refractivity contribution in [2.24, 2.45) is 0 Å². The molecule has 0 aliphatic heterocycles. The molecule has 0 rings (SSSR count). The zero-order valence-corrected chi connectivity index (χ0v) is 6.11. The van der Waals surface area contributed by atoms with Crippen molar-refractivity contribution in [1.29, 1.82) is 0 Å². The van der Waals surface area contributed by atoms with Gasteiger partial charge in [0.05, 0.1) is 0 Å². The average Bonchev–Trinajstić information content (AvgIpc) is 1.37. The van der Waals surface area contributed by atoms with Gasteiger partial charge in [0.2, 0.25) is 0 Å². The van der Waals surface area contributed by atoms with E-state index in [9.17, 15) is 0 Å². The average molecular weight is 149 g/mol. The number of hydrogen-bond donors (Lipinski definition) is 0. The fourth-order valence-electron chi connectivity index (χ4n) is 0. The Bertz CT molecular complexity index is 8.85. The van der Waals surface area contributed by atoms with Gasteiger partial charge >= 0.3 is 0 Å². The molecule has 0 amide bonds. The van der Waals surface area contributed by atoms with Gasteiger partial charge in [0.1, 0.15) is 0 Å². The van der Waals surface area contributed by atoms with Gasteiger partial charge in [-0.25, -0.2) is 0 Å². The minimum absolute atomic E-state index is 0. The van der Waals surface area contributed by atoms with Gasteiger partial charge in [-0.05, 0) is 0 Å². The van der Waals surface area contributed by atoms with Crippen LogP contribution in [0.1, 0.15) is 6.92 Å². The minimum atomic E-state index is 0. The second kappa shape index (κ2) is 8.85. The van der Waals surface area contributed by atoms with Crippen LogP contribution in [-0.2, 0) is 26.2 Å². The Hall–Kier alpha value is 0.843. The van der Waals surface area contributed by atoms with Crippen LogP contribution in [0.2, 0.25) is 0 Å². The SMILES string of the molecule is CC[N-]C.[Zr]. The Balaban J connectivity index is 0. The van der Waals surface area contributed by atoms with Gasteiger partial charge < -0.3 is 5.32 Å². The first-order valence-electron chi connectivity index (χ1n) is 1.47. The molecule has 0 fully saturated rings. The molecule has 0 aromatic carbocycles. The molecule has 0 N–H and O–H groups in total. The van der Waals surface area contributed by atoms with Crippen molar-refractivity contribution < 1.29 is 26.2 Å². The van der Waals surface area contributed by atoms with Crippen LogP contribution < -0.4 is 0 Å². The molecule has 0 atom stereocenters. The standard InChI is InChI=1S/C3H8N.Zr/c1-3-4-2;/h3H2,1-2H3;/q-1;. The summed E-state index contributed by atoms with van der Waals surface area (Å²) in [6.07, 6.45) is 0. The predicted molar refractivity (Wildman–Crippen MR) is 19.8 cm³/mol. The third-order valence-corrected chi connectivity index (χ3v) is 0.316. The van der Waals surface area contributed by atoms with Crippen molar-refractivity contribution in [2.75, 3.05) is 13.6 Å². The smallest absolute Gasteiger partial charge is 0 e. The quantitative estimate of drug-likeness (QED) is 0.528. The number of hydrogen-bond acceptors (Lipinski definition) is 0. The largest absolute Gasteiger partial charge is 0.665 e. The molecule has 0 aliphatic rings. The Morgan fingerprint density at radius 1 is 1.60 bits per heavy atom. The van der Waals surface area contributed by atoms with Gasteiger partial charge in [0.15, 0.2) is 0 Å². The van der Waals surface area contributed by atoms with Crippen molar-refractivity contribution in [3.63, 3.8) is 0 Å². The van der Waals surface area contributed by atoms with Gasteiger partial charge in [-0.1, -0.05) is 6.92 Å².